The summed E-state index contributed by atoms with van der Waals surface area (Å²) in [6.07, 6.45) is 0.100. The Morgan fingerprint density at radius 2 is 2.00 bits per heavy atom. The van der Waals surface area contributed by atoms with Crippen LogP contribution in [0.5, 0.6) is 0 Å². The molecule has 2 rings (SSSR count). The Kier molecular flexibility index (Phi) is 3.38. The van der Waals surface area contributed by atoms with Gasteiger partial charge in [-0.3, -0.25) is 0 Å². The van der Waals surface area contributed by atoms with Gasteiger partial charge in [-0.15, -0.1) is 0 Å². The maximum absolute atomic E-state index is 12.6. The minimum absolute atomic E-state index is 0.0725. The second-order valence-electron chi connectivity index (χ2n) is 4.47. The number of rotatable bonds is 2. The highest BCUT2D eigenvalue weighted by Gasteiger charge is 2.49. The summed E-state index contributed by atoms with van der Waals surface area (Å²) in [6.45, 7) is 1.83. The first-order chi connectivity index (χ1) is 8.70. The van der Waals surface area contributed by atoms with Gasteiger partial charge in [0.2, 0.25) is 0 Å². The third kappa shape index (κ3) is 2.14. The Morgan fingerprint density at radius 3 is 2.53 bits per heavy atom. The summed E-state index contributed by atoms with van der Waals surface area (Å²) in [7, 11) is -5.42. The van der Waals surface area contributed by atoms with Crippen LogP contribution >= 0.6 is 0 Å². The van der Waals surface area contributed by atoms with Gasteiger partial charge in [-0.05, 0) is 36.5 Å². The first kappa shape index (κ1) is 14.3. The number of aliphatic hydroxyl groups excluding tert-OH is 1. The maximum atomic E-state index is 12.6. The summed E-state index contributed by atoms with van der Waals surface area (Å²) in [5.74, 6) is 0. The van der Waals surface area contributed by atoms with E-state index < -0.39 is 26.3 Å². The minimum atomic E-state index is -5.42. The molecule has 0 radical (unpaired) electrons. The monoisotopic (exact) mass is 294 g/mol. The number of benzene rings is 1. The van der Waals surface area contributed by atoms with E-state index in [1.807, 2.05) is 6.92 Å². The van der Waals surface area contributed by atoms with Gasteiger partial charge in [0, 0.05) is 5.56 Å². The predicted molar refractivity (Wildman–Crippen MR) is 62.3 cm³/mol. The second kappa shape index (κ2) is 4.49. The fourth-order valence-corrected chi connectivity index (χ4v) is 3.51. The van der Waals surface area contributed by atoms with E-state index in [1.54, 1.807) is 0 Å². The molecular formula is C12H13F3O3S. The van der Waals surface area contributed by atoms with Gasteiger partial charge in [-0.1, -0.05) is 13.0 Å². The van der Waals surface area contributed by atoms with E-state index in [0.29, 0.717) is 18.4 Å². The number of halogens is 3. The molecule has 1 aliphatic carbocycles. The van der Waals surface area contributed by atoms with Crippen LogP contribution < -0.4 is 0 Å². The van der Waals surface area contributed by atoms with Crippen molar-refractivity contribution < 1.29 is 26.7 Å². The summed E-state index contributed by atoms with van der Waals surface area (Å²) in [4.78, 5) is -0.808. The molecule has 1 aromatic carbocycles. The van der Waals surface area contributed by atoms with Crippen molar-refractivity contribution in [2.45, 2.75) is 42.7 Å². The van der Waals surface area contributed by atoms with Crippen molar-refractivity contribution in [1.82, 2.24) is 0 Å². The molecule has 1 atom stereocenters. The van der Waals surface area contributed by atoms with Crippen LogP contribution in [0.25, 0.3) is 0 Å². The number of alkyl halides is 3. The van der Waals surface area contributed by atoms with Gasteiger partial charge in [-0.25, -0.2) is 8.42 Å². The predicted octanol–water partition coefficient (Wildman–Crippen LogP) is 2.52. The van der Waals surface area contributed by atoms with Crippen molar-refractivity contribution in [3.05, 3.63) is 28.8 Å². The Labute approximate surface area is 109 Å². The average molecular weight is 294 g/mol. The fraction of sp³-hybridized carbons (Fsp3) is 0.500. The molecule has 0 heterocycles. The molecule has 0 aromatic heterocycles. The third-order valence-electron chi connectivity index (χ3n) is 3.39. The zero-order chi connectivity index (χ0) is 14.4. The molecule has 1 aromatic rings. The van der Waals surface area contributed by atoms with Gasteiger partial charge in [-0.2, -0.15) is 13.2 Å². The van der Waals surface area contributed by atoms with Gasteiger partial charge >= 0.3 is 5.51 Å². The zero-order valence-electron chi connectivity index (χ0n) is 10.2. The number of sulfone groups is 1. The van der Waals surface area contributed by atoms with Gasteiger partial charge in [0.15, 0.2) is 0 Å². The highest BCUT2D eigenvalue weighted by molar-refractivity contribution is 7.92. The van der Waals surface area contributed by atoms with Gasteiger partial charge in [0.05, 0.1) is 11.0 Å². The standard InChI is InChI=1S/C12H13F3O3S/c1-2-7-3-6-10(19(17,18)12(13,14)15)11-8(7)4-5-9(11)16/h3,6,9,16H,2,4-5H2,1H3. The molecule has 7 heteroatoms. The molecule has 0 aliphatic heterocycles. The summed E-state index contributed by atoms with van der Waals surface area (Å²) in [5.41, 5.74) is -4.10. The third-order valence-corrected chi connectivity index (χ3v) is 4.93. The highest BCUT2D eigenvalue weighted by atomic mass is 32.2. The fourth-order valence-electron chi connectivity index (χ4n) is 2.46. The van der Waals surface area contributed by atoms with Crippen molar-refractivity contribution in [3.8, 4) is 0 Å². The Morgan fingerprint density at radius 1 is 1.37 bits per heavy atom. The molecule has 0 saturated heterocycles. The molecule has 106 valence electrons. The van der Waals surface area contributed by atoms with Crippen molar-refractivity contribution in [2.75, 3.05) is 0 Å². The van der Waals surface area contributed by atoms with E-state index in [-0.39, 0.29) is 12.0 Å². The van der Waals surface area contributed by atoms with Crippen LogP contribution in [0.15, 0.2) is 17.0 Å². The van der Waals surface area contributed by atoms with E-state index >= 15 is 0 Å². The van der Waals surface area contributed by atoms with Crippen molar-refractivity contribution in [3.63, 3.8) is 0 Å². The smallest absolute Gasteiger partial charge is 0.388 e. The largest absolute Gasteiger partial charge is 0.501 e. The zero-order valence-corrected chi connectivity index (χ0v) is 11.0. The quantitative estimate of drug-likeness (QED) is 0.912. The Hall–Kier alpha value is -1.08. The van der Waals surface area contributed by atoms with Gasteiger partial charge < -0.3 is 5.11 Å². The molecule has 19 heavy (non-hydrogen) atoms. The van der Waals surface area contributed by atoms with Crippen molar-refractivity contribution >= 4 is 9.84 Å². The van der Waals surface area contributed by atoms with Crippen molar-refractivity contribution in [1.29, 1.82) is 0 Å². The number of fused-ring (bicyclic) bond motifs is 1. The van der Waals surface area contributed by atoms with Gasteiger partial charge in [0.25, 0.3) is 9.84 Å². The second-order valence-corrected chi connectivity index (χ2v) is 6.38. The summed E-state index contributed by atoms with van der Waals surface area (Å²) >= 11 is 0. The van der Waals surface area contributed by atoms with Crippen LogP contribution in [0.2, 0.25) is 0 Å². The van der Waals surface area contributed by atoms with Crippen LogP contribution in [0, 0.1) is 0 Å². The summed E-state index contributed by atoms with van der Waals surface area (Å²) < 4.78 is 60.9. The van der Waals surface area contributed by atoms with Crippen LogP contribution in [0.3, 0.4) is 0 Å². The first-order valence-corrected chi connectivity index (χ1v) is 7.32. The van der Waals surface area contributed by atoms with Crippen LogP contribution in [-0.4, -0.2) is 19.0 Å². The molecule has 0 spiro atoms. The number of hydrogen-bond donors (Lipinski definition) is 1. The molecule has 3 nitrogen and oxygen atoms in total. The lowest BCUT2D eigenvalue weighted by Gasteiger charge is -2.16. The molecule has 0 amide bonds. The van der Waals surface area contributed by atoms with Crippen LogP contribution in [0.1, 0.15) is 36.1 Å². The van der Waals surface area contributed by atoms with E-state index in [2.05, 4.69) is 0 Å². The highest BCUT2D eigenvalue weighted by Crippen LogP contribution is 2.41. The minimum Gasteiger partial charge on any atom is -0.388 e. The van der Waals surface area contributed by atoms with Crippen molar-refractivity contribution in [2.24, 2.45) is 0 Å². The van der Waals surface area contributed by atoms with E-state index in [0.717, 1.165) is 11.6 Å². The molecule has 0 bridgehead atoms. The lowest BCUT2D eigenvalue weighted by atomic mass is 10.0. The lowest BCUT2D eigenvalue weighted by molar-refractivity contribution is -0.0437. The molecule has 1 aliphatic rings. The normalized spacial score (nSPS) is 19.5. The maximum Gasteiger partial charge on any atom is 0.501 e. The van der Waals surface area contributed by atoms with Gasteiger partial charge in [0.1, 0.15) is 0 Å². The SMILES string of the molecule is CCc1ccc(S(=O)(=O)C(F)(F)F)c2c1CCC2O. The molecule has 1 N–H and O–H groups in total. The topological polar surface area (TPSA) is 54.4 Å². The Bertz CT molecular complexity index is 605. The molecular weight excluding hydrogens is 281 g/mol. The molecule has 1 unspecified atom stereocenters. The summed E-state index contributed by atoms with van der Waals surface area (Å²) in [6, 6.07) is 2.35. The summed E-state index contributed by atoms with van der Waals surface area (Å²) in [5, 5.41) is 9.78. The van der Waals surface area contributed by atoms with E-state index in [4.69, 9.17) is 0 Å². The average Bonchev–Trinajstić information content (AvgIpc) is 2.69. The van der Waals surface area contributed by atoms with E-state index in [1.165, 1.54) is 6.07 Å². The lowest BCUT2D eigenvalue weighted by Crippen LogP contribution is -2.25. The van der Waals surface area contributed by atoms with Crippen LogP contribution in [-0.2, 0) is 22.7 Å². The van der Waals surface area contributed by atoms with Crippen LogP contribution in [0.4, 0.5) is 13.2 Å². The molecule has 0 fully saturated rings. The number of aliphatic hydroxyl groups is 1. The number of hydrogen-bond acceptors (Lipinski definition) is 3. The molecule has 0 saturated carbocycles. The number of aryl methyl sites for hydroxylation is 1. The Balaban J connectivity index is 2.72. The van der Waals surface area contributed by atoms with E-state index in [9.17, 15) is 26.7 Å². The first-order valence-electron chi connectivity index (χ1n) is 5.84.